The lowest BCUT2D eigenvalue weighted by molar-refractivity contribution is -0.128. The monoisotopic (exact) mass is 355 g/mol. The van der Waals surface area contributed by atoms with E-state index >= 15 is 0 Å². The highest BCUT2D eigenvalue weighted by atomic mass is 16.2. The summed E-state index contributed by atoms with van der Waals surface area (Å²) in [6.45, 7) is 7.71. The van der Waals surface area contributed by atoms with Crippen LogP contribution in [0.3, 0.4) is 0 Å². The number of carbonyl (C=O) groups is 2. The highest BCUT2D eigenvalue weighted by Gasteiger charge is 2.32. The molecule has 2 aromatic rings. The molecule has 5 nitrogen and oxygen atoms in total. The largest absolute Gasteiger partial charge is 0.320 e. The Bertz CT molecular complexity index is 786. The second kappa shape index (κ2) is 8.43. The van der Waals surface area contributed by atoms with Crippen LogP contribution in [0.4, 0.5) is 5.69 Å². The van der Waals surface area contributed by atoms with Gasteiger partial charge in [-0.1, -0.05) is 58.0 Å². The smallest absolute Gasteiger partial charge is 0.250 e. The van der Waals surface area contributed by atoms with Crippen LogP contribution in [0.2, 0.25) is 0 Å². The van der Waals surface area contributed by atoms with Crippen LogP contribution in [0.15, 0.2) is 42.5 Å². The van der Waals surface area contributed by atoms with Gasteiger partial charge in [0.2, 0.25) is 0 Å². The van der Waals surface area contributed by atoms with E-state index in [1.54, 1.807) is 6.07 Å². The van der Waals surface area contributed by atoms with Crippen molar-refractivity contribution in [2.75, 3.05) is 4.90 Å². The van der Waals surface area contributed by atoms with Crippen molar-refractivity contribution in [3.05, 3.63) is 42.5 Å². The quantitative estimate of drug-likeness (QED) is 0.833. The Morgan fingerprint density at radius 2 is 1.54 bits per heavy atom. The Hall–Kier alpha value is -2.24. The van der Waals surface area contributed by atoms with Gasteiger partial charge in [-0.05, 0) is 41.2 Å². The molecule has 2 aromatic carbocycles. The number of imide groups is 1. The molecule has 0 radical (unpaired) electrons. The number of hydrogen-bond acceptors (Lipinski definition) is 4. The Morgan fingerprint density at radius 3 is 2.12 bits per heavy atom. The van der Waals surface area contributed by atoms with Gasteiger partial charge in [0, 0.05) is 0 Å². The van der Waals surface area contributed by atoms with E-state index in [0.717, 1.165) is 10.8 Å². The van der Waals surface area contributed by atoms with E-state index in [1.165, 1.54) is 4.90 Å². The Morgan fingerprint density at radius 1 is 0.923 bits per heavy atom. The molecule has 0 aliphatic heterocycles. The summed E-state index contributed by atoms with van der Waals surface area (Å²) in [6, 6.07) is 11.8. The maximum Gasteiger partial charge on any atom is 0.250 e. The van der Waals surface area contributed by atoms with Crippen LogP contribution in [0, 0.1) is 11.8 Å². The first-order chi connectivity index (χ1) is 12.2. The molecule has 0 fully saturated rings. The van der Waals surface area contributed by atoms with Crippen molar-refractivity contribution in [3.63, 3.8) is 0 Å². The van der Waals surface area contributed by atoms with Crippen LogP contribution in [-0.4, -0.2) is 23.9 Å². The topological polar surface area (TPSA) is 89.4 Å². The molecule has 0 aliphatic rings. The fourth-order valence-corrected chi connectivity index (χ4v) is 2.89. The third kappa shape index (κ3) is 4.48. The van der Waals surface area contributed by atoms with E-state index in [0.29, 0.717) is 12.1 Å². The van der Waals surface area contributed by atoms with E-state index in [-0.39, 0.29) is 11.8 Å². The number of nitrogens with zero attached hydrogens (tertiary/aromatic N) is 1. The van der Waals surface area contributed by atoms with Gasteiger partial charge in [0.15, 0.2) is 0 Å². The van der Waals surface area contributed by atoms with Gasteiger partial charge >= 0.3 is 0 Å². The molecule has 2 rings (SSSR count). The van der Waals surface area contributed by atoms with Gasteiger partial charge in [-0.15, -0.1) is 0 Å². The highest BCUT2D eigenvalue weighted by molar-refractivity contribution is 6.18. The summed E-state index contributed by atoms with van der Waals surface area (Å²) in [6.07, 6.45) is 0.507. The van der Waals surface area contributed by atoms with Crippen molar-refractivity contribution in [2.24, 2.45) is 23.3 Å². The summed E-state index contributed by atoms with van der Waals surface area (Å²) < 4.78 is 0. The minimum Gasteiger partial charge on any atom is -0.320 e. The zero-order valence-electron chi connectivity index (χ0n) is 16.0. The first kappa shape index (κ1) is 20.1. The van der Waals surface area contributed by atoms with E-state index in [4.69, 9.17) is 11.5 Å². The number of carbonyl (C=O) groups excluding carboxylic acids is 2. The van der Waals surface area contributed by atoms with Crippen LogP contribution >= 0.6 is 0 Å². The van der Waals surface area contributed by atoms with Gasteiger partial charge in [-0.2, -0.15) is 0 Å². The lowest BCUT2D eigenvalue weighted by atomic mass is 10.00. The predicted octanol–water partition coefficient (Wildman–Crippen LogP) is 3.06. The zero-order valence-corrected chi connectivity index (χ0v) is 16.0. The Balaban J connectivity index is 2.47. The highest BCUT2D eigenvalue weighted by Crippen LogP contribution is 2.24. The number of fused-ring (bicyclic) bond motifs is 1. The summed E-state index contributed by atoms with van der Waals surface area (Å²) in [4.78, 5) is 27.2. The van der Waals surface area contributed by atoms with Gasteiger partial charge in [0.25, 0.3) is 11.8 Å². The number of rotatable bonds is 6. The molecule has 0 saturated heterocycles. The maximum atomic E-state index is 13.0. The molecular weight excluding hydrogens is 326 g/mol. The number of nitrogens with two attached hydrogens (primary N) is 2. The molecule has 0 aromatic heterocycles. The SMILES string of the molecule is CC(C)C[C@H](N)C(=O)N(C(=O)[C@@H](N)C(C)C)c1ccc2ccccc2c1. The van der Waals surface area contributed by atoms with Crippen LogP contribution in [0.1, 0.15) is 34.1 Å². The summed E-state index contributed by atoms with van der Waals surface area (Å²) in [5.74, 6) is -0.657. The van der Waals surface area contributed by atoms with Gasteiger partial charge in [0.05, 0.1) is 17.8 Å². The molecule has 0 saturated carbocycles. The van der Waals surface area contributed by atoms with Gasteiger partial charge < -0.3 is 11.5 Å². The first-order valence-corrected chi connectivity index (χ1v) is 9.10. The van der Waals surface area contributed by atoms with Gasteiger partial charge in [-0.25, -0.2) is 4.90 Å². The number of benzene rings is 2. The zero-order chi connectivity index (χ0) is 19.4. The molecular formula is C21H29N3O2. The molecule has 0 heterocycles. The number of amides is 2. The molecule has 0 bridgehead atoms. The average molecular weight is 355 g/mol. The fraction of sp³-hybridized carbons (Fsp3) is 0.429. The molecule has 0 unspecified atom stereocenters. The second-order valence-electron chi connectivity index (χ2n) is 7.55. The summed E-state index contributed by atoms with van der Waals surface area (Å²) in [7, 11) is 0. The van der Waals surface area contributed by atoms with Crippen LogP contribution in [-0.2, 0) is 9.59 Å². The third-order valence-corrected chi connectivity index (χ3v) is 4.48. The summed E-state index contributed by atoms with van der Waals surface area (Å²) in [5.41, 5.74) is 12.7. The maximum absolute atomic E-state index is 13.0. The number of anilines is 1. The first-order valence-electron chi connectivity index (χ1n) is 9.10. The molecule has 140 valence electrons. The standard InChI is InChI=1S/C21H29N3O2/c1-13(2)11-18(22)20(25)24(21(26)19(23)14(3)4)17-10-9-15-7-5-6-8-16(15)12-17/h5-10,12-14,18-19H,11,22-23H2,1-4H3/t18-,19-/m0/s1. The second-order valence-corrected chi connectivity index (χ2v) is 7.55. The van der Waals surface area contributed by atoms with E-state index < -0.39 is 23.9 Å². The normalized spacial score (nSPS) is 13.8. The minimum atomic E-state index is -0.767. The van der Waals surface area contributed by atoms with E-state index in [9.17, 15) is 9.59 Å². The number of hydrogen-bond donors (Lipinski definition) is 2. The van der Waals surface area contributed by atoms with E-state index in [2.05, 4.69) is 0 Å². The van der Waals surface area contributed by atoms with Gasteiger partial charge in [-0.3, -0.25) is 9.59 Å². The van der Waals surface area contributed by atoms with Crippen LogP contribution < -0.4 is 16.4 Å². The van der Waals surface area contributed by atoms with Gasteiger partial charge in [0.1, 0.15) is 0 Å². The lowest BCUT2D eigenvalue weighted by Gasteiger charge is -2.28. The summed E-state index contributed by atoms with van der Waals surface area (Å²) >= 11 is 0. The Labute approximate surface area is 155 Å². The Kier molecular flexibility index (Phi) is 6.51. The molecule has 5 heteroatoms. The lowest BCUT2D eigenvalue weighted by Crippen LogP contribution is -2.54. The van der Waals surface area contributed by atoms with Crippen molar-refractivity contribution in [2.45, 2.75) is 46.2 Å². The predicted molar refractivity (Wildman–Crippen MR) is 107 cm³/mol. The molecule has 2 atom stereocenters. The van der Waals surface area contributed by atoms with E-state index in [1.807, 2.05) is 64.1 Å². The molecule has 4 N–H and O–H groups in total. The van der Waals surface area contributed by atoms with Crippen molar-refractivity contribution in [3.8, 4) is 0 Å². The molecule has 26 heavy (non-hydrogen) atoms. The fourth-order valence-electron chi connectivity index (χ4n) is 2.89. The molecule has 0 spiro atoms. The van der Waals surface area contributed by atoms with Crippen molar-refractivity contribution < 1.29 is 9.59 Å². The molecule has 0 aliphatic carbocycles. The average Bonchev–Trinajstić information content (AvgIpc) is 2.60. The molecule has 2 amide bonds. The van der Waals surface area contributed by atoms with Crippen LogP contribution in [0.5, 0.6) is 0 Å². The minimum absolute atomic E-state index is 0.0837. The van der Waals surface area contributed by atoms with Crippen molar-refractivity contribution >= 4 is 28.3 Å². The van der Waals surface area contributed by atoms with Crippen LogP contribution in [0.25, 0.3) is 10.8 Å². The third-order valence-electron chi connectivity index (χ3n) is 4.48. The summed E-state index contributed by atoms with van der Waals surface area (Å²) in [5, 5.41) is 1.99. The van der Waals surface area contributed by atoms with Crippen molar-refractivity contribution in [1.29, 1.82) is 0 Å². The van der Waals surface area contributed by atoms with Crippen molar-refractivity contribution in [1.82, 2.24) is 0 Å².